The summed E-state index contributed by atoms with van der Waals surface area (Å²) in [6.07, 6.45) is 0.201. The molecule has 21 heavy (non-hydrogen) atoms. The van der Waals surface area contributed by atoms with Gasteiger partial charge in [-0.05, 0) is 32.4 Å². The van der Waals surface area contributed by atoms with Gasteiger partial charge in [-0.1, -0.05) is 0 Å². The van der Waals surface area contributed by atoms with Gasteiger partial charge in [0, 0.05) is 19.2 Å². The Morgan fingerprint density at radius 2 is 2.05 bits per heavy atom. The molecule has 0 unspecified atom stereocenters. The summed E-state index contributed by atoms with van der Waals surface area (Å²) >= 11 is 0. The molecule has 1 aromatic carbocycles. The molecular weight excluding hydrogens is 303 g/mol. The molecule has 0 amide bonds. The van der Waals surface area contributed by atoms with E-state index in [4.69, 9.17) is 5.11 Å². The first-order valence-corrected chi connectivity index (χ1v) is 7.72. The Labute approximate surface area is 122 Å². The summed E-state index contributed by atoms with van der Waals surface area (Å²) in [6.45, 7) is 3.05. The van der Waals surface area contributed by atoms with Gasteiger partial charge in [0.05, 0.1) is 11.0 Å². The third-order valence-electron chi connectivity index (χ3n) is 2.82. The van der Waals surface area contributed by atoms with Gasteiger partial charge in [-0.25, -0.2) is 12.8 Å². The number of nitro groups is 1. The second-order valence-electron chi connectivity index (χ2n) is 4.66. The molecule has 0 saturated carbocycles. The molecule has 118 valence electrons. The molecule has 1 N–H and O–H groups in total. The lowest BCUT2D eigenvalue weighted by molar-refractivity contribution is -0.388. The van der Waals surface area contributed by atoms with Gasteiger partial charge >= 0.3 is 0 Å². The van der Waals surface area contributed by atoms with E-state index in [0.717, 1.165) is 16.4 Å². The van der Waals surface area contributed by atoms with Crippen molar-refractivity contribution in [2.24, 2.45) is 0 Å². The maximum absolute atomic E-state index is 13.1. The van der Waals surface area contributed by atoms with Crippen LogP contribution in [0.15, 0.2) is 23.1 Å². The van der Waals surface area contributed by atoms with Crippen molar-refractivity contribution in [1.82, 2.24) is 4.31 Å². The number of halogens is 1. The van der Waals surface area contributed by atoms with Crippen molar-refractivity contribution in [3.05, 3.63) is 34.1 Å². The summed E-state index contributed by atoms with van der Waals surface area (Å²) < 4.78 is 39.2. The van der Waals surface area contributed by atoms with Gasteiger partial charge in [-0.3, -0.25) is 10.1 Å². The fourth-order valence-electron chi connectivity index (χ4n) is 1.86. The zero-order chi connectivity index (χ0) is 16.2. The molecule has 0 aliphatic heterocycles. The van der Waals surface area contributed by atoms with Gasteiger partial charge in [0.1, 0.15) is 5.82 Å². The lowest BCUT2D eigenvalue weighted by Gasteiger charge is -2.25. The van der Waals surface area contributed by atoms with E-state index in [9.17, 15) is 22.9 Å². The van der Waals surface area contributed by atoms with Crippen LogP contribution in [0.4, 0.5) is 10.1 Å². The standard InChI is InChI=1S/C12H17FN2O5S/c1-9(2)14(6-3-7-16)21(19,20)12-5-4-10(13)8-11(12)15(17)18/h4-5,8-9,16H,3,6-7H2,1-2H3. The van der Waals surface area contributed by atoms with Crippen LogP contribution in [-0.2, 0) is 10.0 Å². The highest BCUT2D eigenvalue weighted by Crippen LogP contribution is 2.28. The predicted molar refractivity (Wildman–Crippen MR) is 73.8 cm³/mol. The summed E-state index contributed by atoms with van der Waals surface area (Å²) in [5.74, 6) is -0.882. The predicted octanol–water partition coefficient (Wildman–Crippen LogP) is 1.52. The Hall–Kier alpha value is -1.58. The molecule has 1 aromatic rings. The molecule has 0 atom stereocenters. The van der Waals surface area contributed by atoms with Crippen LogP contribution in [0.25, 0.3) is 0 Å². The number of benzene rings is 1. The number of aliphatic hydroxyl groups is 1. The van der Waals surface area contributed by atoms with E-state index in [-0.39, 0.29) is 19.6 Å². The smallest absolute Gasteiger partial charge is 0.292 e. The fraction of sp³-hybridized carbons (Fsp3) is 0.500. The second kappa shape index (κ2) is 6.92. The van der Waals surface area contributed by atoms with E-state index in [1.54, 1.807) is 13.8 Å². The van der Waals surface area contributed by atoms with E-state index in [1.807, 2.05) is 0 Å². The third-order valence-corrected chi connectivity index (χ3v) is 4.94. The fourth-order valence-corrected chi connectivity index (χ4v) is 3.68. The first-order chi connectivity index (χ1) is 9.71. The van der Waals surface area contributed by atoms with Gasteiger partial charge in [0.15, 0.2) is 4.90 Å². The molecule has 1 rings (SSSR count). The molecular formula is C12H17FN2O5S. The van der Waals surface area contributed by atoms with Crippen molar-refractivity contribution in [3.8, 4) is 0 Å². The van der Waals surface area contributed by atoms with Gasteiger partial charge in [-0.2, -0.15) is 4.31 Å². The van der Waals surface area contributed by atoms with Crippen molar-refractivity contribution >= 4 is 15.7 Å². The van der Waals surface area contributed by atoms with Crippen LogP contribution in [0.3, 0.4) is 0 Å². The van der Waals surface area contributed by atoms with Crippen molar-refractivity contribution in [2.45, 2.75) is 31.2 Å². The van der Waals surface area contributed by atoms with Crippen LogP contribution in [-0.4, -0.2) is 41.9 Å². The average Bonchev–Trinajstić information content (AvgIpc) is 2.37. The molecule has 7 nitrogen and oxygen atoms in total. The van der Waals surface area contributed by atoms with E-state index >= 15 is 0 Å². The largest absolute Gasteiger partial charge is 0.396 e. The highest BCUT2D eigenvalue weighted by atomic mass is 32.2. The zero-order valence-electron chi connectivity index (χ0n) is 11.7. The molecule has 0 aromatic heterocycles. The first-order valence-electron chi connectivity index (χ1n) is 6.28. The monoisotopic (exact) mass is 320 g/mol. The number of nitro benzene ring substituents is 1. The molecule has 9 heteroatoms. The maximum atomic E-state index is 13.1. The van der Waals surface area contributed by atoms with E-state index < -0.39 is 37.4 Å². The molecule has 0 saturated heterocycles. The summed E-state index contributed by atoms with van der Waals surface area (Å²) in [5, 5.41) is 19.8. The second-order valence-corrected chi connectivity index (χ2v) is 6.51. The third kappa shape index (κ3) is 3.96. The number of sulfonamides is 1. The Kier molecular flexibility index (Phi) is 5.76. The highest BCUT2D eigenvalue weighted by Gasteiger charge is 2.33. The minimum atomic E-state index is -4.15. The lowest BCUT2D eigenvalue weighted by Crippen LogP contribution is -2.38. The summed E-state index contributed by atoms with van der Waals surface area (Å²) in [5.41, 5.74) is -0.801. The molecule has 0 aliphatic rings. The molecule has 0 radical (unpaired) electrons. The number of nitrogens with zero attached hydrogens (tertiary/aromatic N) is 2. The maximum Gasteiger partial charge on any atom is 0.292 e. The van der Waals surface area contributed by atoms with Crippen LogP contribution in [0.5, 0.6) is 0 Å². The summed E-state index contributed by atoms with van der Waals surface area (Å²) in [7, 11) is -4.15. The van der Waals surface area contributed by atoms with Crippen LogP contribution >= 0.6 is 0 Å². The van der Waals surface area contributed by atoms with Crippen LogP contribution in [0, 0.1) is 15.9 Å². The molecule has 0 bridgehead atoms. The summed E-state index contributed by atoms with van der Waals surface area (Å²) in [4.78, 5) is 9.46. The van der Waals surface area contributed by atoms with Crippen LogP contribution in [0.2, 0.25) is 0 Å². The SMILES string of the molecule is CC(C)N(CCCO)S(=O)(=O)c1ccc(F)cc1[N+](=O)[O-]. The van der Waals surface area contributed by atoms with Crippen LogP contribution in [0.1, 0.15) is 20.3 Å². The van der Waals surface area contributed by atoms with Gasteiger partial charge < -0.3 is 5.11 Å². The van der Waals surface area contributed by atoms with Crippen LogP contribution < -0.4 is 0 Å². The van der Waals surface area contributed by atoms with Gasteiger partial charge in [0.2, 0.25) is 10.0 Å². The van der Waals surface area contributed by atoms with Crippen molar-refractivity contribution in [1.29, 1.82) is 0 Å². The van der Waals surface area contributed by atoms with Gasteiger partial charge in [-0.15, -0.1) is 0 Å². The van der Waals surface area contributed by atoms with Crippen molar-refractivity contribution < 1.29 is 22.8 Å². The van der Waals surface area contributed by atoms with Crippen molar-refractivity contribution in [3.63, 3.8) is 0 Å². The summed E-state index contributed by atoms with van der Waals surface area (Å²) in [6, 6.07) is 1.88. The number of hydrogen-bond donors (Lipinski definition) is 1. The Bertz CT molecular complexity index is 618. The number of rotatable bonds is 7. The Morgan fingerprint density at radius 1 is 1.43 bits per heavy atom. The lowest BCUT2D eigenvalue weighted by atomic mass is 10.3. The number of hydrogen-bond acceptors (Lipinski definition) is 5. The Morgan fingerprint density at radius 3 is 2.52 bits per heavy atom. The average molecular weight is 320 g/mol. The number of aliphatic hydroxyl groups excluding tert-OH is 1. The Balaban J connectivity index is 3.37. The topological polar surface area (TPSA) is 101 Å². The highest BCUT2D eigenvalue weighted by molar-refractivity contribution is 7.89. The zero-order valence-corrected chi connectivity index (χ0v) is 12.5. The van der Waals surface area contributed by atoms with Crippen molar-refractivity contribution in [2.75, 3.05) is 13.2 Å². The first kappa shape index (κ1) is 17.5. The van der Waals surface area contributed by atoms with E-state index in [2.05, 4.69) is 0 Å². The van der Waals surface area contributed by atoms with E-state index in [0.29, 0.717) is 6.07 Å². The molecule has 0 aliphatic carbocycles. The molecule has 0 spiro atoms. The quantitative estimate of drug-likeness (QED) is 0.606. The molecule has 0 fully saturated rings. The minimum absolute atomic E-state index is 0.0189. The normalized spacial score (nSPS) is 12.1. The minimum Gasteiger partial charge on any atom is -0.396 e. The molecule has 0 heterocycles. The van der Waals surface area contributed by atoms with E-state index in [1.165, 1.54) is 0 Å². The van der Waals surface area contributed by atoms with Gasteiger partial charge in [0.25, 0.3) is 5.69 Å².